The largest absolute Gasteiger partial charge is 0.323 e. The lowest BCUT2D eigenvalue weighted by molar-refractivity contribution is -0.117. The van der Waals surface area contributed by atoms with Gasteiger partial charge in [0.2, 0.25) is 5.91 Å². The molecule has 0 saturated heterocycles. The van der Waals surface area contributed by atoms with Crippen LogP contribution in [0.25, 0.3) is 0 Å². The molecule has 0 spiro atoms. The van der Waals surface area contributed by atoms with Crippen LogP contribution in [0, 0.1) is 0 Å². The Morgan fingerprint density at radius 1 is 1.53 bits per heavy atom. The average molecular weight is 257 g/mol. The van der Waals surface area contributed by atoms with E-state index in [9.17, 15) is 13.2 Å². The third-order valence-electron chi connectivity index (χ3n) is 2.13. The summed E-state index contributed by atoms with van der Waals surface area (Å²) in [6.07, 6.45) is 2.62. The maximum absolute atomic E-state index is 11.6. The lowest BCUT2D eigenvalue weighted by Crippen LogP contribution is -2.32. The number of nitrogens with one attached hydrogen (secondary N) is 1. The van der Waals surface area contributed by atoms with Crippen LogP contribution in [0.5, 0.6) is 0 Å². The first-order chi connectivity index (χ1) is 7.86. The van der Waals surface area contributed by atoms with Crippen molar-refractivity contribution in [2.75, 3.05) is 11.1 Å². The molecule has 1 rings (SSSR count). The smallest absolute Gasteiger partial charge is 0.241 e. The molecule has 1 amide bonds. The molecule has 1 atom stereocenters. The molecule has 17 heavy (non-hydrogen) atoms. The van der Waals surface area contributed by atoms with Gasteiger partial charge in [-0.25, -0.2) is 8.42 Å². The fourth-order valence-corrected chi connectivity index (χ4v) is 1.94. The summed E-state index contributed by atoms with van der Waals surface area (Å²) in [5.41, 5.74) is 5.70. The Morgan fingerprint density at radius 3 is 2.71 bits per heavy atom. The number of pyridine rings is 1. The molecule has 0 bridgehead atoms. The topological polar surface area (TPSA) is 102 Å². The van der Waals surface area contributed by atoms with Gasteiger partial charge < -0.3 is 11.1 Å². The van der Waals surface area contributed by atoms with Gasteiger partial charge in [0.1, 0.15) is 0 Å². The van der Waals surface area contributed by atoms with E-state index in [4.69, 9.17) is 5.73 Å². The molecule has 0 fully saturated rings. The highest BCUT2D eigenvalue weighted by atomic mass is 32.2. The van der Waals surface area contributed by atoms with E-state index >= 15 is 0 Å². The van der Waals surface area contributed by atoms with Crippen LogP contribution in [0.15, 0.2) is 23.4 Å². The number of nitrogens with two attached hydrogens (primary N) is 1. The maximum Gasteiger partial charge on any atom is 0.241 e. The molecule has 1 aromatic rings. The first kappa shape index (κ1) is 13.6. The van der Waals surface area contributed by atoms with Crippen LogP contribution >= 0.6 is 0 Å². The van der Waals surface area contributed by atoms with Crippen molar-refractivity contribution in [3.05, 3.63) is 18.5 Å². The fourth-order valence-electron chi connectivity index (χ4n) is 1.08. The zero-order valence-corrected chi connectivity index (χ0v) is 10.5. The molecule has 0 aliphatic heterocycles. The van der Waals surface area contributed by atoms with E-state index in [0.717, 1.165) is 0 Å². The minimum absolute atomic E-state index is 0.0145. The van der Waals surface area contributed by atoms with Gasteiger partial charge in [-0.15, -0.1) is 0 Å². The molecule has 7 heteroatoms. The summed E-state index contributed by atoms with van der Waals surface area (Å²) in [5, 5.41) is 2.49. The van der Waals surface area contributed by atoms with Gasteiger partial charge in [0.05, 0.1) is 28.6 Å². The summed E-state index contributed by atoms with van der Waals surface area (Å²) < 4.78 is 23.2. The second kappa shape index (κ2) is 5.24. The van der Waals surface area contributed by atoms with E-state index < -0.39 is 21.8 Å². The van der Waals surface area contributed by atoms with Crippen molar-refractivity contribution in [3.8, 4) is 0 Å². The van der Waals surface area contributed by atoms with Crippen LogP contribution in [0.3, 0.4) is 0 Å². The normalized spacial score (nSPS) is 13.1. The summed E-state index contributed by atoms with van der Waals surface area (Å²) in [6.45, 7) is 3.08. The Labute approximate surface area is 100 Å². The second-order valence-corrected chi connectivity index (χ2v) is 5.87. The SMILES string of the molecule is CCS(=O)(=O)c1cncc(NC(=O)C(C)N)c1. The Morgan fingerprint density at radius 2 is 2.18 bits per heavy atom. The van der Waals surface area contributed by atoms with Crippen molar-refractivity contribution >= 4 is 21.4 Å². The minimum atomic E-state index is -3.32. The van der Waals surface area contributed by atoms with Gasteiger partial charge in [0, 0.05) is 6.20 Å². The molecular formula is C10H15N3O3S. The lowest BCUT2D eigenvalue weighted by Gasteiger charge is -2.08. The molecule has 0 aliphatic carbocycles. The lowest BCUT2D eigenvalue weighted by atomic mass is 10.3. The number of amides is 1. The monoisotopic (exact) mass is 257 g/mol. The van der Waals surface area contributed by atoms with Crippen molar-refractivity contribution in [1.29, 1.82) is 0 Å². The van der Waals surface area contributed by atoms with Crippen molar-refractivity contribution < 1.29 is 13.2 Å². The molecular weight excluding hydrogens is 242 g/mol. The second-order valence-electron chi connectivity index (χ2n) is 3.59. The zero-order valence-electron chi connectivity index (χ0n) is 9.67. The predicted octanol–water partition coefficient (Wildman–Crippen LogP) is 0.161. The van der Waals surface area contributed by atoms with E-state index in [1.54, 1.807) is 6.92 Å². The maximum atomic E-state index is 11.6. The molecule has 0 aromatic carbocycles. The Kier molecular flexibility index (Phi) is 4.19. The van der Waals surface area contributed by atoms with E-state index in [-0.39, 0.29) is 10.6 Å². The van der Waals surface area contributed by atoms with Crippen molar-refractivity contribution in [2.45, 2.75) is 24.8 Å². The molecule has 1 aromatic heterocycles. The van der Waals surface area contributed by atoms with Crippen LogP contribution in [-0.2, 0) is 14.6 Å². The van der Waals surface area contributed by atoms with Gasteiger partial charge >= 0.3 is 0 Å². The van der Waals surface area contributed by atoms with E-state index in [2.05, 4.69) is 10.3 Å². The molecule has 6 nitrogen and oxygen atoms in total. The van der Waals surface area contributed by atoms with Gasteiger partial charge in [-0.05, 0) is 13.0 Å². The summed E-state index contributed by atoms with van der Waals surface area (Å²) in [4.78, 5) is 15.2. The highest BCUT2D eigenvalue weighted by Crippen LogP contribution is 2.14. The van der Waals surface area contributed by atoms with Gasteiger partial charge in [0.25, 0.3) is 0 Å². The fraction of sp³-hybridized carbons (Fsp3) is 0.400. The highest BCUT2D eigenvalue weighted by Gasteiger charge is 2.14. The summed E-state index contributed by atoms with van der Waals surface area (Å²) in [5.74, 6) is -0.405. The molecule has 1 unspecified atom stereocenters. The molecule has 0 radical (unpaired) electrons. The number of rotatable bonds is 4. The Bertz CT molecular complexity index is 511. The third kappa shape index (κ3) is 3.50. The predicted molar refractivity (Wildman–Crippen MR) is 64.2 cm³/mol. The standard InChI is InChI=1S/C10H15N3O3S/c1-3-17(15,16)9-4-8(5-12-6-9)13-10(14)7(2)11/h4-7H,3,11H2,1-2H3,(H,13,14). The molecule has 1 heterocycles. The zero-order chi connectivity index (χ0) is 13.1. The molecule has 94 valence electrons. The van der Waals surface area contributed by atoms with Gasteiger partial charge in [0.15, 0.2) is 9.84 Å². The third-order valence-corrected chi connectivity index (χ3v) is 3.83. The summed E-state index contributed by atoms with van der Waals surface area (Å²) in [6, 6.07) is 0.702. The first-order valence-corrected chi connectivity index (χ1v) is 6.76. The number of aromatic nitrogens is 1. The average Bonchev–Trinajstić information content (AvgIpc) is 2.29. The van der Waals surface area contributed by atoms with Gasteiger partial charge in [-0.2, -0.15) is 0 Å². The van der Waals surface area contributed by atoms with Crippen molar-refractivity contribution in [3.63, 3.8) is 0 Å². The van der Waals surface area contributed by atoms with Crippen LogP contribution in [-0.4, -0.2) is 31.1 Å². The van der Waals surface area contributed by atoms with Gasteiger partial charge in [-0.1, -0.05) is 6.92 Å². The number of carbonyl (C=O) groups excluding carboxylic acids is 1. The minimum Gasteiger partial charge on any atom is -0.323 e. The van der Waals surface area contributed by atoms with E-state index in [1.165, 1.54) is 25.4 Å². The van der Waals surface area contributed by atoms with Gasteiger partial charge in [-0.3, -0.25) is 9.78 Å². The van der Waals surface area contributed by atoms with Crippen LogP contribution in [0.4, 0.5) is 5.69 Å². The molecule has 0 aliphatic rings. The Hall–Kier alpha value is -1.47. The Balaban J connectivity index is 2.99. The van der Waals surface area contributed by atoms with Crippen LogP contribution in [0.2, 0.25) is 0 Å². The van der Waals surface area contributed by atoms with E-state index in [0.29, 0.717) is 5.69 Å². The van der Waals surface area contributed by atoms with E-state index in [1.807, 2.05) is 0 Å². The highest BCUT2D eigenvalue weighted by molar-refractivity contribution is 7.91. The van der Waals surface area contributed by atoms with Crippen LogP contribution in [0.1, 0.15) is 13.8 Å². The summed E-state index contributed by atoms with van der Waals surface area (Å²) >= 11 is 0. The number of hydrogen-bond acceptors (Lipinski definition) is 5. The number of hydrogen-bond donors (Lipinski definition) is 2. The van der Waals surface area contributed by atoms with Crippen molar-refractivity contribution in [2.24, 2.45) is 5.73 Å². The number of anilines is 1. The molecule has 3 N–H and O–H groups in total. The summed E-state index contributed by atoms with van der Waals surface area (Å²) in [7, 11) is -3.32. The van der Waals surface area contributed by atoms with Crippen LogP contribution < -0.4 is 11.1 Å². The van der Waals surface area contributed by atoms with Crippen molar-refractivity contribution in [1.82, 2.24) is 4.98 Å². The molecule has 0 saturated carbocycles. The number of sulfone groups is 1. The quantitative estimate of drug-likeness (QED) is 0.800. The number of carbonyl (C=O) groups is 1. The number of nitrogens with zero attached hydrogens (tertiary/aromatic N) is 1. The first-order valence-electron chi connectivity index (χ1n) is 5.11.